The average molecular weight is 242 g/mol. The van der Waals surface area contributed by atoms with Crippen LogP contribution in [0.5, 0.6) is 0 Å². The Balaban J connectivity index is 1.82. The minimum atomic E-state index is -0.0451. The van der Waals surface area contributed by atoms with Gasteiger partial charge in [-0.1, -0.05) is 0 Å². The second kappa shape index (κ2) is 4.70. The third kappa shape index (κ3) is 2.17. The summed E-state index contributed by atoms with van der Waals surface area (Å²) < 4.78 is 0. The molecule has 0 aliphatic carbocycles. The molecule has 0 spiro atoms. The summed E-state index contributed by atoms with van der Waals surface area (Å²) in [6, 6.07) is 5.62. The smallest absolute Gasteiger partial charge is 0.251 e. The summed E-state index contributed by atoms with van der Waals surface area (Å²) in [4.78, 5) is 20.4. The summed E-state index contributed by atoms with van der Waals surface area (Å²) >= 11 is 0. The summed E-state index contributed by atoms with van der Waals surface area (Å²) in [6.07, 6.45) is 4.26. The molecule has 1 aliphatic heterocycles. The molecule has 5 nitrogen and oxygen atoms in total. The lowest BCUT2D eigenvalue weighted by Gasteiger charge is -2.11. The van der Waals surface area contributed by atoms with Crippen LogP contribution in [0.3, 0.4) is 0 Å². The maximum Gasteiger partial charge on any atom is 0.251 e. The standard InChI is InChI=1S/C13H14N4O/c18-13(17-10-3-4-14-8-10)9-1-2-11-12(7-9)16-6-5-15-11/h1-2,5-7,10,14H,3-4,8H2,(H,17,18)/t10-/m1/s1. The molecule has 0 unspecified atom stereocenters. The molecule has 2 N–H and O–H groups in total. The van der Waals surface area contributed by atoms with E-state index >= 15 is 0 Å². The number of nitrogens with zero attached hydrogens (tertiary/aromatic N) is 2. The van der Waals surface area contributed by atoms with E-state index in [0.717, 1.165) is 30.5 Å². The second-order valence-corrected chi connectivity index (χ2v) is 4.42. The van der Waals surface area contributed by atoms with E-state index in [4.69, 9.17) is 0 Å². The quantitative estimate of drug-likeness (QED) is 0.814. The van der Waals surface area contributed by atoms with Gasteiger partial charge < -0.3 is 10.6 Å². The lowest BCUT2D eigenvalue weighted by molar-refractivity contribution is 0.0940. The molecular formula is C13H14N4O. The Morgan fingerprint density at radius 3 is 2.89 bits per heavy atom. The first-order chi connectivity index (χ1) is 8.83. The summed E-state index contributed by atoms with van der Waals surface area (Å²) in [7, 11) is 0. The van der Waals surface area contributed by atoms with Crippen LogP contribution in [-0.4, -0.2) is 35.0 Å². The van der Waals surface area contributed by atoms with Gasteiger partial charge in [0.05, 0.1) is 11.0 Å². The van der Waals surface area contributed by atoms with Crippen LogP contribution >= 0.6 is 0 Å². The van der Waals surface area contributed by atoms with Crippen LogP contribution in [0, 0.1) is 0 Å². The molecule has 5 heteroatoms. The number of carbonyl (C=O) groups excluding carboxylic acids is 1. The zero-order valence-corrected chi connectivity index (χ0v) is 9.89. The molecule has 1 aromatic heterocycles. The van der Waals surface area contributed by atoms with Crippen molar-refractivity contribution < 1.29 is 4.79 Å². The predicted octanol–water partition coefficient (Wildman–Crippen LogP) is 0.721. The number of rotatable bonds is 2. The molecular weight excluding hydrogens is 228 g/mol. The highest BCUT2D eigenvalue weighted by atomic mass is 16.1. The van der Waals surface area contributed by atoms with Gasteiger partial charge in [-0.05, 0) is 31.2 Å². The molecule has 1 atom stereocenters. The Labute approximate surface area is 105 Å². The molecule has 1 aliphatic rings. The number of amides is 1. The van der Waals surface area contributed by atoms with Crippen LogP contribution < -0.4 is 10.6 Å². The van der Waals surface area contributed by atoms with Crippen molar-refractivity contribution in [3.05, 3.63) is 36.2 Å². The van der Waals surface area contributed by atoms with Crippen molar-refractivity contribution in [1.82, 2.24) is 20.6 Å². The van der Waals surface area contributed by atoms with E-state index in [1.807, 2.05) is 6.07 Å². The monoisotopic (exact) mass is 242 g/mol. The van der Waals surface area contributed by atoms with Crippen molar-refractivity contribution >= 4 is 16.9 Å². The van der Waals surface area contributed by atoms with Crippen LogP contribution in [0.15, 0.2) is 30.6 Å². The van der Waals surface area contributed by atoms with Crippen LogP contribution in [0.25, 0.3) is 11.0 Å². The molecule has 0 bridgehead atoms. The maximum atomic E-state index is 12.1. The van der Waals surface area contributed by atoms with Crippen LogP contribution in [-0.2, 0) is 0 Å². The van der Waals surface area contributed by atoms with Gasteiger partial charge >= 0.3 is 0 Å². The average Bonchev–Trinajstić information content (AvgIpc) is 2.91. The zero-order valence-electron chi connectivity index (χ0n) is 9.89. The van der Waals surface area contributed by atoms with E-state index in [1.165, 1.54) is 0 Å². The van der Waals surface area contributed by atoms with Gasteiger partial charge in [0, 0.05) is 30.5 Å². The van der Waals surface area contributed by atoms with Gasteiger partial charge in [0.25, 0.3) is 5.91 Å². The molecule has 0 radical (unpaired) electrons. The van der Waals surface area contributed by atoms with Gasteiger partial charge in [-0.25, -0.2) is 0 Å². The van der Waals surface area contributed by atoms with E-state index in [1.54, 1.807) is 24.5 Å². The number of fused-ring (bicyclic) bond motifs is 1. The van der Waals surface area contributed by atoms with Gasteiger partial charge in [-0.2, -0.15) is 0 Å². The largest absolute Gasteiger partial charge is 0.348 e. The third-order valence-corrected chi connectivity index (χ3v) is 3.13. The van der Waals surface area contributed by atoms with Crippen LogP contribution in [0.2, 0.25) is 0 Å². The molecule has 1 saturated heterocycles. The molecule has 92 valence electrons. The molecule has 0 saturated carbocycles. The number of hydrogen-bond acceptors (Lipinski definition) is 4. The van der Waals surface area contributed by atoms with Gasteiger partial charge in [0.2, 0.25) is 0 Å². The van der Waals surface area contributed by atoms with Crippen LogP contribution in [0.1, 0.15) is 16.8 Å². The fraction of sp³-hybridized carbons (Fsp3) is 0.308. The summed E-state index contributed by atoms with van der Waals surface area (Å²) in [5.74, 6) is -0.0451. The van der Waals surface area contributed by atoms with Crippen molar-refractivity contribution in [2.45, 2.75) is 12.5 Å². The molecule has 18 heavy (non-hydrogen) atoms. The molecule has 2 heterocycles. The van der Waals surface area contributed by atoms with Crippen molar-refractivity contribution in [2.75, 3.05) is 13.1 Å². The van der Waals surface area contributed by atoms with Gasteiger partial charge in [-0.3, -0.25) is 14.8 Å². The maximum absolute atomic E-state index is 12.1. The lowest BCUT2D eigenvalue weighted by Crippen LogP contribution is -2.36. The minimum absolute atomic E-state index is 0.0451. The van der Waals surface area contributed by atoms with Crippen molar-refractivity contribution in [3.63, 3.8) is 0 Å². The summed E-state index contributed by atoms with van der Waals surface area (Å²) in [6.45, 7) is 1.81. The first-order valence-electron chi connectivity index (χ1n) is 6.05. The van der Waals surface area contributed by atoms with Crippen molar-refractivity contribution in [1.29, 1.82) is 0 Å². The number of nitrogens with one attached hydrogen (secondary N) is 2. The van der Waals surface area contributed by atoms with Gasteiger partial charge in [0.1, 0.15) is 0 Å². The fourth-order valence-electron chi connectivity index (χ4n) is 2.15. The highest BCUT2D eigenvalue weighted by Gasteiger charge is 2.17. The Kier molecular flexibility index (Phi) is 2.90. The zero-order chi connectivity index (χ0) is 12.4. The third-order valence-electron chi connectivity index (χ3n) is 3.13. The minimum Gasteiger partial charge on any atom is -0.348 e. The molecule has 1 amide bonds. The van der Waals surface area contributed by atoms with Crippen molar-refractivity contribution in [2.24, 2.45) is 0 Å². The Morgan fingerprint density at radius 1 is 1.28 bits per heavy atom. The van der Waals surface area contributed by atoms with E-state index in [-0.39, 0.29) is 11.9 Å². The fourth-order valence-corrected chi connectivity index (χ4v) is 2.15. The van der Waals surface area contributed by atoms with Crippen LogP contribution in [0.4, 0.5) is 0 Å². The van der Waals surface area contributed by atoms with E-state index < -0.39 is 0 Å². The molecule has 1 fully saturated rings. The Hall–Kier alpha value is -2.01. The van der Waals surface area contributed by atoms with E-state index in [0.29, 0.717) is 5.56 Å². The number of hydrogen-bond donors (Lipinski definition) is 2. The second-order valence-electron chi connectivity index (χ2n) is 4.42. The van der Waals surface area contributed by atoms with Gasteiger partial charge in [-0.15, -0.1) is 0 Å². The highest BCUT2D eigenvalue weighted by molar-refractivity contribution is 5.97. The first kappa shape index (κ1) is 11.1. The summed E-state index contributed by atoms with van der Waals surface area (Å²) in [5.41, 5.74) is 2.18. The van der Waals surface area contributed by atoms with E-state index in [2.05, 4.69) is 20.6 Å². The normalized spacial score (nSPS) is 19.0. The first-order valence-corrected chi connectivity index (χ1v) is 6.05. The predicted molar refractivity (Wildman–Crippen MR) is 68.3 cm³/mol. The summed E-state index contributed by atoms with van der Waals surface area (Å²) in [5, 5.41) is 6.23. The van der Waals surface area contributed by atoms with E-state index in [9.17, 15) is 4.79 Å². The number of carbonyl (C=O) groups is 1. The number of aromatic nitrogens is 2. The van der Waals surface area contributed by atoms with Crippen molar-refractivity contribution in [3.8, 4) is 0 Å². The lowest BCUT2D eigenvalue weighted by atomic mass is 10.1. The molecule has 2 aromatic rings. The molecule has 1 aromatic carbocycles. The topological polar surface area (TPSA) is 66.9 Å². The highest BCUT2D eigenvalue weighted by Crippen LogP contribution is 2.11. The SMILES string of the molecule is O=C(N[C@@H]1CCNC1)c1ccc2nccnc2c1. The molecule has 3 rings (SSSR count). The van der Waals surface area contributed by atoms with Gasteiger partial charge in [0.15, 0.2) is 0 Å². The Bertz CT molecular complexity index is 578. The number of benzene rings is 1. The Morgan fingerprint density at radius 2 is 2.11 bits per heavy atom.